The second-order valence-electron chi connectivity index (χ2n) is 2.05. The summed E-state index contributed by atoms with van der Waals surface area (Å²) in [5.74, 6) is 0. The van der Waals surface area contributed by atoms with E-state index in [0.717, 1.165) is 5.56 Å². The molecule has 0 aliphatic rings. The van der Waals surface area contributed by atoms with Crippen molar-refractivity contribution in [3.8, 4) is 0 Å². The second kappa shape index (κ2) is 5.85. The minimum absolute atomic E-state index is 0. The van der Waals surface area contributed by atoms with E-state index in [9.17, 15) is 4.21 Å². The smallest absolute Gasteiger partial charge is 0.392 e. The van der Waals surface area contributed by atoms with Crippen molar-refractivity contribution in [1.29, 1.82) is 0 Å². The molecule has 60 valence electrons. The maximum Gasteiger partial charge on any atom is 1.00 e. The molecule has 0 fully saturated rings. The van der Waals surface area contributed by atoms with Crippen molar-refractivity contribution in [2.75, 3.05) is 0 Å². The van der Waals surface area contributed by atoms with Crippen LogP contribution in [0.2, 0.25) is 0 Å². The predicted octanol–water partition coefficient (Wildman–Crippen LogP) is -2.24. The quantitative estimate of drug-likeness (QED) is 0.414. The fraction of sp³-hybridized carbons (Fsp3) is 0.143. The van der Waals surface area contributed by atoms with Gasteiger partial charge >= 0.3 is 29.6 Å². The summed E-state index contributed by atoms with van der Waals surface area (Å²) < 4.78 is 19.0. The van der Waals surface area contributed by atoms with Crippen LogP contribution in [-0.4, -0.2) is 13.9 Å². The molecule has 0 saturated carbocycles. The van der Waals surface area contributed by atoms with Crippen LogP contribution in [0.15, 0.2) is 29.2 Å². The summed E-state index contributed by atoms with van der Waals surface area (Å²) in [6, 6.07) is 6.26. The Morgan fingerprint density at radius 1 is 1.25 bits per heavy atom. The van der Waals surface area contributed by atoms with Gasteiger partial charge in [0.05, 0.1) is 11.5 Å². The Hall–Kier alpha value is 0.290. The van der Waals surface area contributed by atoms with E-state index < -0.39 is 11.1 Å². The van der Waals surface area contributed by atoms with Crippen molar-refractivity contribution in [3.63, 3.8) is 0 Å². The number of hydrogen-bond acceptors (Lipinski definition) is 2. The molecular formula is C7H8NaO3S+. The van der Waals surface area contributed by atoms with Gasteiger partial charge in [0, 0.05) is 0 Å². The minimum Gasteiger partial charge on any atom is -0.392 e. The van der Waals surface area contributed by atoms with Gasteiger partial charge in [-0.25, -0.2) is 4.21 Å². The molecule has 0 aliphatic heterocycles. The topological polar surface area (TPSA) is 57.5 Å². The molecule has 1 rings (SSSR count). The Labute approximate surface area is 95.4 Å². The molecule has 3 nitrogen and oxygen atoms in total. The van der Waals surface area contributed by atoms with E-state index in [1.54, 1.807) is 12.1 Å². The number of aliphatic hydroxyl groups excluding tert-OH is 1. The van der Waals surface area contributed by atoms with Crippen LogP contribution >= 0.6 is 0 Å². The van der Waals surface area contributed by atoms with E-state index in [-0.39, 0.29) is 36.2 Å². The van der Waals surface area contributed by atoms with E-state index in [1.807, 2.05) is 0 Å². The van der Waals surface area contributed by atoms with Crippen LogP contribution in [0.1, 0.15) is 5.56 Å². The second-order valence-corrected chi connectivity index (χ2v) is 3.02. The van der Waals surface area contributed by atoms with Crippen LogP contribution in [0, 0.1) is 0 Å². The van der Waals surface area contributed by atoms with E-state index in [1.165, 1.54) is 12.1 Å². The Bertz CT molecular complexity index is 260. The van der Waals surface area contributed by atoms with Crippen LogP contribution in [-0.2, 0) is 17.7 Å². The van der Waals surface area contributed by atoms with Gasteiger partial charge in [-0.05, 0) is 17.7 Å². The largest absolute Gasteiger partial charge is 1.00 e. The number of aliphatic hydroxyl groups is 1. The summed E-state index contributed by atoms with van der Waals surface area (Å²) in [7, 11) is 0. The third-order valence-corrected chi connectivity index (χ3v) is 1.98. The SMILES string of the molecule is O=S(O)c1ccc(CO)cc1.[Na+]. The van der Waals surface area contributed by atoms with Crippen molar-refractivity contribution >= 4 is 11.1 Å². The average Bonchev–Trinajstić information content (AvgIpc) is 2.05. The van der Waals surface area contributed by atoms with Gasteiger partial charge in [0.25, 0.3) is 0 Å². The number of hydrogen-bond donors (Lipinski definition) is 2. The van der Waals surface area contributed by atoms with Crippen LogP contribution in [0.3, 0.4) is 0 Å². The van der Waals surface area contributed by atoms with Crippen LogP contribution in [0.4, 0.5) is 0 Å². The predicted molar refractivity (Wildman–Crippen MR) is 41.4 cm³/mol. The number of rotatable bonds is 2. The van der Waals surface area contributed by atoms with E-state index in [0.29, 0.717) is 4.90 Å². The van der Waals surface area contributed by atoms with Crippen molar-refractivity contribution in [3.05, 3.63) is 29.8 Å². The van der Waals surface area contributed by atoms with Gasteiger partial charge in [0.2, 0.25) is 0 Å². The summed E-state index contributed by atoms with van der Waals surface area (Å²) >= 11 is -1.92. The zero-order chi connectivity index (χ0) is 8.27. The van der Waals surface area contributed by atoms with Gasteiger partial charge in [0.1, 0.15) is 0 Å². The van der Waals surface area contributed by atoms with Gasteiger partial charge < -0.3 is 9.66 Å². The van der Waals surface area contributed by atoms with Crippen molar-refractivity contribution < 1.29 is 43.4 Å². The molecule has 0 radical (unpaired) electrons. The summed E-state index contributed by atoms with van der Waals surface area (Å²) in [5, 5.41) is 8.63. The third kappa shape index (κ3) is 3.35. The molecule has 1 aromatic carbocycles. The van der Waals surface area contributed by atoms with Gasteiger partial charge in [-0.15, -0.1) is 0 Å². The number of benzene rings is 1. The molecule has 0 saturated heterocycles. The molecule has 0 amide bonds. The molecule has 0 spiro atoms. The summed E-state index contributed by atoms with van der Waals surface area (Å²) in [6.07, 6.45) is 0. The molecule has 5 heteroatoms. The molecule has 1 atom stereocenters. The Kier molecular flexibility index (Phi) is 6.00. The fourth-order valence-electron chi connectivity index (χ4n) is 0.711. The maximum atomic E-state index is 10.4. The zero-order valence-corrected chi connectivity index (χ0v) is 9.54. The Morgan fingerprint density at radius 2 is 1.75 bits per heavy atom. The van der Waals surface area contributed by atoms with Gasteiger partial charge in [-0.1, -0.05) is 12.1 Å². The van der Waals surface area contributed by atoms with Crippen molar-refractivity contribution in [2.45, 2.75) is 11.5 Å². The summed E-state index contributed by atoms with van der Waals surface area (Å²) in [6.45, 7) is -0.0433. The first kappa shape index (κ1) is 12.3. The molecule has 0 bridgehead atoms. The molecule has 12 heavy (non-hydrogen) atoms. The average molecular weight is 195 g/mol. The standard InChI is InChI=1S/C7H8O3S.Na/c8-5-6-1-3-7(4-2-6)11(9)10;/h1-4,8H,5H2,(H,9,10);/q;+1. The summed E-state index contributed by atoms with van der Waals surface area (Å²) in [5.41, 5.74) is 0.735. The van der Waals surface area contributed by atoms with E-state index in [4.69, 9.17) is 9.66 Å². The first-order valence-corrected chi connectivity index (χ1v) is 4.15. The van der Waals surface area contributed by atoms with Crippen LogP contribution < -0.4 is 29.6 Å². The Balaban J connectivity index is 0.00000121. The molecule has 0 aliphatic carbocycles. The van der Waals surface area contributed by atoms with E-state index >= 15 is 0 Å². The van der Waals surface area contributed by atoms with Gasteiger partial charge in [0.15, 0.2) is 11.1 Å². The van der Waals surface area contributed by atoms with Gasteiger partial charge in [-0.3, -0.25) is 0 Å². The molecule has 1 unspecified atom stereocenters. The normalized spacial score (nSPS) is 11.8. The van der Waals surface area contributed by atoms with E-state index in [2.05, 4.69) is 0 Å². The molecular weight excluding hydrogens is 187 g/mol. The molecule has 0 aromatic heterocycles. The summed E-state index contributed by atoms with van der Waals surface area (Å²) in [4.78, 5) is 0.349. The molecule has 0 heterocycles. The first-order chi connectivity index (χ1) is 5.24. The van der Waals surface area contributed by atoms with Crippen molar-refractivity contribution in [2.24, 2.45) is 0 Å². The minimum atomic E-state index is -1.92. The maximum absolute atomic E-state index is 10.4. The van der Waals surface area contributed by atoms with Crippen molar-refractivity contribution in [1.82, 2.24) is 0 Å². The molecule has 2 N–H and O–H groups in total. The molecule has 1 aromatic rings. The van der Waals surface area contributed by atoms with Crippen LogP contribution in [0.5, 0.6) is 0 Å². The zero-order valence-electron chi connectivity index (χ0n) is 6.73. The monoisotopic (exact) mass is 195 g/mol. The fourth-order valence-corrected chi connectivity index (χ4v) is 1.08. The third-order valence-electron chi connectivity index (χ3n) is 1.31. The van der Waals surface area contributed by atoms with Gasteiger partial charge in [-0.2, -0.15) is 0 Å². The van der Waals surface area contributed by atoms with Crippen LogP contribution in [0.25, 0.3) is 0 Å². The Morgan fingerprint density at radius 3 is 2.08 bits per heavy atom. The first-order valence-electron chi connectivity index (χ1n) is 3.04.